The molecule has 1 heterocycles. The topological polar surface area (TPSA) is 88.6 Å². The van der Waals surface area contributed by atoms with Crippen molar-refractivity contribution in [3.63, 3.8) is 0 Å². The first kappa shape index (κ1) is 19.7. The number of hydrogen-bond acceptors (Lipinski definition) is 3. The van der Waals surface area contributed by atoms with E-state index >= 15 is 0 Å². The highest BCUT2D eigenvalue weighted by Gasteiger charge is 2.22. The number of aryl methyl sites for hydroxylation is 1. The molecule has 0 saturated carbocycles. The number of amides is 2. The maximum atomic E-state index is 13.3. The van der Waals surface area contributed by atoms with Crippen molar-refractivity contribution >= 4 is 39.3 Å². The van der Waals surface area contributed by atoms with Crippen molar-refractivity contribution in [2.75, 3.05) is 18.1 Å². The minimum absolute atomic E-state index is 0.101. The number of carbonyl (C=O) groups is 2. The van der Waals surface area contributed by atoms with E-state index in [4.69, 9.17) is 5.73 Å². The van der Waals surface area contributed by atoms with Crippen molar-refractivity contribution in [2.24, 2.45) is 5.73 Å². The maximum Gasteiger partial charge on any atom is 0.259 e. The first-order chi connectivity index (χ1) is 14.6. The lowest BCUT2D eigenvalue weighted by atomic mass is 10.0. The summed E-state index contributed by atoms with van der Waals surface area (Å²) in [7, 11) is 0. The summed E-state index contributed by atoms with van der Waals surface area (Å²) in [6, 6.07) is 20.4. The zero-order valence-corrected chi connectivity index (χ0v) is 16.7. The highest BCUT2D eigenvalue weighted by molar-refractivity contribution is 6.14. The summed E-state index contributed by atoms with van der Waals surface area (Å²) in [5.41, 5.74) is 8.70. The van der Waals surface area contributed by atoms with Crippen LogP contribution in [-0.4, -0.2) is 34.6 Å². The van der Waals surface area contributed by atoms with Crippen LogP contribution in [0, 0.1) is 0 Å². The Hall–Kier alpha value is -3.64. The van der Waals surface area contributed by atoms with Gasteiger partial charge in [0.2, 0.25) is 5.91 Å². The lowest BCUT2D eigenvalue weighted by Gasteiger charge is -2.23. The summed E-state index contributed by atoms with van der Waals surface area (Å²) in [6.45, 7) is 2.82. The summed E-state index contributed by atoms with van der Waals surface area (Å²) in [5.74, 6) is -1.04. The van der Waals surface area contributed by atoms with Gasteiger partial charge in [-0.2, -0.15) is 0 Å². The van der Waals surface area contributed by atoms with Crippen molar-refractivity contribution < 1.29 is 14.7 Å². The number of anilines is 1. The van der Waals surface area contributed by atoms with Gasteiger partial charge in [0.05, 0.1) is 17.7 Å². The molecular weight excluding hydrogens is 378 g/mol. The van der Waals surface area contributed by atoms with Crippen molar-refractivity contribution in [3.8, 4) is 0 Å². The summed E-state index contributed by atoms with van der Waals surface area (Å²) in [6.07, 6.45) is 0. The summed E-state index contributed by atoms with van der Waals surface area (Å²) in [5, 5.41) is 11.7. The largest absolute Gasteiger partial charge is 0.395 e. The molecule has 2 amide bonds. The predicted octanol–water partition coefficient (Wildman–Crippen LogP) is 3.55. The Balaban J connectivity index is 1.87. The molecule has 4 aromatic rings. The van der Waals surface area contributed by atoms with E-state index in [0.29, 0.717) is 5.69 Å². The SMILES string of the molecule is CCn1c2ccccc2c2cc(N(CCO)C(=O)c3ccccc3C(N)=O)ccc21. The van der Waals surface area contributed by atoms with E-state index in [-0.39, 0.29) is 30.2 Å². The van der Waals surface area contributed by atoms with Gasteiger partial charge in [-0.3, -0.25) is 9.59 Å². The summed E-state index contributed by atoms with van der Waals surface area (Å²) in [4.78, 5) is 26.6. The molecule has 1 aromatic heterocycles. The van der Waals surface area contributed by atoms with Gasteiger partial charge in [-0.05, 0) is 43.3 Å². The first-order valence-corrected chi connectivity index (χ1v) is 9.89. The number of benzene rings is 3. The van der Waals surface area contributed by atoms with Crippen LogP contribution in [0.25, 0.3) is 21.8 Å². The number of aliphatic hydroxyl groups excluding tert-OH is 1. The zero-order chi connectivity index (χ0) is 21.3. The van der Waals surface area contributed by atoms with Gasteiger partial charge in [0.15, 0.2) is 0 Å². The van der Waals surface area contributed by atoms with Crippen LogP contribution in [0.2, 0.25) is 0 Å². The Morgan fingerprint density at radius 1 is 0.933 bits per heavy atom. The van der Waals surface area contributed by atoms with Crippen molar-refractivity contribution in [2.45, 2.75) is 13.5 Å². The fourth-order valence-corrected chi connectivity index (χ4v) is 4.03. The normalized spacial score (nSPS) is 11.1. The molecular formula is C24H23N3O3. The second-order valence-electron chi connectivity index (χ2n) is 7.05. The zero-order valence-electron chi connectivity index (χ0n) is 16.7. The molecule has 0 atom stereocenters. The Labute approximate surface area is 174 Å². The molecule has 0 aliphatic heterocycles. The minimum atomic E-state index is -0.663. The van der Waals surface area contributed by atoms with Crippen LogP contribution in [0.15, 0.2) is 66.7 Å². The second-order valence-corrected chi connectivity index (χ2v) is 7.05. The van der Waals surface area contributed by atoms with E-state index in [2.05, 4.69) is 23.6 Å². The van der Waals surface area contributed by atoms with Crippen LogP contribution < -0.4 is 10.6 Å². The standard InChI is InChI=1S/C24H23N3O3/c1-2-26-21-10-6-5-7-17(21)20-15-16(11-12-22(20)26)27(13-14-28)24(30)19-9-4-3-8-18(19)23(25)29/h3-12,15,28H,2,13-14H2,1H3,(H2,25,29). The van der Waals surface area contributed by atoms with Crippen molar-refractivity contribution in [3.05, 3.63) is 77.9 Å². The number of aromatic nitrogens is 1. The van der Waals surface area contributed by atoms with Gasteiger partial charge in [0.25, 0.3) is 5.91 Å². The average molecular weight is 401 g/mol. The number of nitrogens with two attached hydrogens (primary N) is 1. The maximum absolute atomic E-state index is 13.3. The number of carbonyl (C=O) groups excluding carboxylic acids is 2. The highest BCUT2D eigenvalue weighted by atomic mass is 16.3. The molecule has 0 saturated heterocycles. The second kappa shape index (κ2) is 8.00. The Morgan fingerprint density at radius 2 is 1.60 bits per heavy atom. The number of primary amides is 1. The molecule has 0 radical (unpaired) electrons. The van der Waals surface area contributed by atoms with Crippen LogP contribution in [0.1, 0.15) is 27.6 Å². The number of rotatable bonds is 6. The minimum Gasteiger partial charge on any atom is -0.395 e. The van der Waals surface area contributed by atoms with Crippen LogP contribution in [0.5, 0.6) is 0 Å². The Bertz CT molecular complexity index is 1260. The molecule has 0 bridgehead atoms. The summed E-state index contributed by atoms with van der Waals surface area (Å²) < 4.78 is 2.23. The number of para-hydroxylation sites is 1. The Kier molecular flexibility index (Phi) is 5.25. The third kappa shape index (κ3) is 3.21. The van der Waals surface area contributed by atoms with E-state index in [9.17, 15) is 14.7 Å². The lowest BCUT2D eigenvalue weighted by Crippen LogP contribution is -2.35. The van der Waals surface area contributed by atoms with Crippen molar-refractivity contribution in [1.82, 2.24) is 4.57 Å². The molecule has 3 aromatic carbocycles. The van der Waals surface area contributed by atoms with Gasteiger partial charge in [-0.25, -0.2) is 0 Å². The summed E-state index contributed by atoms with van der Waals surface area (Å²) >= 11 is 0. The van der Waals surface area contributed by atoms with E-state index in [1.165, 1.54) is 11.0 Å². The third-order valence-corrected chi connectivity index (χ3v) is 5.38. The molecule has 0 aliphatic rings. The van der Waals surface area contributed by atoms with Crippen LogP contribution in [0.4, 0.5) is 5.69 Å². The molecule has 3 N–H and O–H groups in total. The van der Waals surface area contributed by atoms with E-state index in [0.717, 1.165) is 28.4 Å². The van der Waals surface area contributed by atoms with Crippen LogP contribution in [-0.2, 0) is 6.54 Å². The number of aliphatic hydroxyl groups is 1. The monoisotopic (exact) mass is 401 g/mol. The van der Waals surface area contributed by atoms with Gasteiger partial charge in [0.1, 0.15) is 0 Å². The molecule has 0 aliphatic carbocycles. The molecule has 30 heavy (non-hydrogen) atoms. The van der Waals surface area contributed by atoms with Gasteiger partial charge < -0.3 is 20.3 Å². The lowest BCUT2D eigenvalue weighted by molar-refractivity contribution is 0.0956. The number of hydrogen-bond donors (Lipinski definition) is 2. The van der Waals surface area contributed by atoms with Crippen molar-refractivity contribution in [1.29, 1.82) is 0 Å². The number of fused-ring (bicyclic) bond motifs is 3. The Morgan fingerprint density at radius 3 is 2.30 bits per heavy atom. The molecule has 6 nitrogen and oxygen atoms in total. The fraction of sp³-hybridized carbons (Fsp3) is 0.167. The first-order valence-electron chi connectivity index (χ1n) is 9.89. The van der Waals surface area contributed by atoms with E-state index in [1.54, 1.807) is 18.2 Å². The molecule has 152 valence electrons. The molecule has 0 spiro atoms. The van der Waals surface area contributed by atoms with E-state index in [1.807, 2.05) is 30.3 Å². The third-order valence-electron chi connectivity index (χ3n) is 5.38. The molecule has 6 heteroatoms. The van der Waals surface area contributed by atoms with Gasteiger partial charge in [-0.15, -0.1) is 0 Å². The molecule has 0 unspecified atom stereocenters. The van der Waals surface area contributed by atoms with Gasteiger partial charge >= 0.3 is 0 Å². The van der Waals surface area contributed by atoms with E-state index < -0.39 is 5.91 Å². The predicted molar refractivity (Wildman–Crippen MR) is 119 cm³/mol. The highest BCUT2D eigenvalue weighted by Crippen LogP contribution is 2.32. The molecule has 0 fully saturated rings. The fourth-order valence-electron chi connectivity index (χ4n) is 4.03. The average Bonchev–Trinajstić information content (AvgIpc) is 3.10. The van der Waals surface area contributed by atoms with Crippen LogP contribution in [0.3, 0.4) is 0 Å². The molecule has 4 rings (SSSR count). The smallest absolute Gasteiger partial charge is 0.259 e. The number of nitrogens with zero attached hydrogens (tertiary/aromatic N) is 2. The quantitative estimate of drug-likeness (QED) is 0.518. The van der Waals surface area contributed by atoms with Crippen LogP contribution >= 0.6 is 0 Å². The van der Waals surface area contributed by atoms with Gasteiger partial charge in [0, 0.05) is 40.6 Å². The van der Waals surface area contributed by atoms with Gasteiger partial charge in [-0.1, -0.05) is 30.3 Å².